The first-order valence-corrected chi connectivity index (χ1v) is 5.69. The lowest BCUT2D eigenvalue weighted by atomic mass is 9.99. The number of rotatable bonds is 4. The van der Waals surface area contributed by atoms with Crippen LogP contribution in [0.3, 0.4) is 0 Å². The van der Waals surface area contributed by atoms with Crippen LogP contribution in [-0.2, 0) is 0 Å². The lowest BCUT2D eigenvalue weighted by Crippen LogP contribution is -2.23. The molecule has 1 aromatic carbocycles. The molecule has 0 saturated carbocycles. The van der Waals surface area contributed by atoms with Crippen LogP contribution in [0, 0.1) is 10.1 Å². The Kier molecular flexibility index (Phi) is 4.73. The van der Waals surface area contributed by atoms with Gasteiger partial charge in [-0.2, -0.15) is 5.10 Å². The van der Waals surface area contributed by atoms with Crippen molar-refractivity contribution in [1.82, 2.24) is 5.43 Å². The zero-order valence-corrected chi connectivity index (χ0v) is 10.9. The molecule has 3 N–H and O–H groups in total. The van der Waals surface area contributed by atoms with Gasteiger partial charge in [0.15, 0.2) is 5.11 Å². The predicted molar refractivity (Wildman–Crippen MR) is 74.7 cm³/mol. The molecule has 0 heterocycles. The molecule has 0 bridgehead atoms. The van der Waals surface area contributed by atoms with E-state index in [2.05, 4.69) is 22.7 Å². The SMILES string of the molecule is CC(C)c1ccc(/C=N/NC(N)=S)cc1[N+](=O)[O-]. The van der Waals surface area contributed by atoms with Crippen molar-refractivity contribution >= 4 is 29.2 Å². The second kappa shape index (κ2) is 6.06. The monoisotopic (exact) mass is 266 g/mol. The number of thiocarbonyl (C=S) groups is 1. The number of nitro benzene ring substituents is 1. The molecule has 0 aliphatic heterocycles. The van der Waals surface area contributed by atoms with Crippen molar-refractivity contribution in [1.29, 1.82) is 0 Å². The summed E-state index contributed by atoms with van der Waals surface area (Å²) in [5, 5.41) is 14.8. The molecular weight excluding hydrogens is 252 g/mol. The molecule has 1 aromatic rings. The van der Waals surface area contributed by atoms with E-state index in [0.717, 1.165) is 0 Å². The van der Waals surface area contributed by atoms with Gasteiger partial charge in [-0.05, 0) is 18.1 Å². The van der Waals surface area contributed by atoms with Crippen LogP contribution in [0.1, 0.15) is 30.9 Å². The Hall–Kier alpha value is -2.02. The van der Waals surface area contributed by atoms with Crippen molar-refractivity contribution in [3.8, 4) is 0 Å². The second-order valence-electron chi connectivity index (χ2n) is 3.96. The largest absolute Gasteiger partial charge is 0.375 e. The highest BCUT2D eigenvalue weighted by Crippen LogP contribution is 2.26. The zero-order chi connectivity index (χ0) is 13.7. The third kappa shape index (κ3) is 3.77. The molecule has 0 aliphatic rings. The normalized spacial score (nSPS) is 10.8. The first-order valence-electron chi connectivity index (χ1n) is 5.28. The van der Waals surface area contributed by atoms with Crippen molar-refractivity contribution in [2.75, 3.05) is 0 Å². The summed E-state index contributed by atoms with van der Waals surface area (Å²) in [6.45, 7) is 3.81. The summed E-state index contributed by atoms with van der Waals surface area (Å²) >= 11 is 4.58. The summed E-state index contributed by atoms with van der Waals surface area (Å²) in [4.78, 5) is 10.6. The first kappa shape index (κ1) is 14.0. The van der Waals surface area contributed by atoms with Gasteiger partial charge in [-0.25, -0.2) is 0 Å². The molecule has 0 spiro atoms. The molecule has 0 radical (unpaired) electrons. The van der Waals surface area contributed by atoms with Gasteiger partial charge in [0.2, 0.25) is 0 Å². The van der Waals surface area contributed by atoms with Crippen LogP contribution >= 0.6 is 12.2 Å². The second-order valence-corrected chi connectivity index (χ2v) is 4.40. The molecule has 18 heavy (non-hydrogen) atoms. The Bertz CT molecular complexity index is 500. The van der Waals surface area contributed by atoms with E-state index in [1.807, 2.05) is 13.8 Å². The molecule has 0 atom stereocenters. The summed E-state index contributed by atoms with van der Waals surface area (Å²) in [5.74, 6) is 0.0890. The van der Waals surface area contributed by atoms with Crippen molar-refractivity contribution < 1.29 is 4.92 Å². The maximum atomic E-state index is 11.0. The Labute approximate surface area is 110 Å². The quantitative estimate of drug-likeness (QED) is 0.375. The van der Waals surface area contributed by atoms with Gasteiger partial charge in [0.25, 0.3) is 5.69 Å². The zero-order valence-electron chi connectivity index (χ0n) is 10.1. The molecule has 0 saturated heterocycles. The van der Waals surface area contributed by atoms with Gasteiger partial charge in [0.1, 0.15) is 0 Å². The number of nitrogens with two attached hydrogens (primary N) is 1. The maximum absolute atomic E-state index is 11.0. The van der Waals surface area contributed by atoms with Gasteiger partial charge in [0.05, 0.1) is 11.1 Å². The third-order valence-corrected chi connectivity index (χ3v) is 2.35. The fourth-order valence-electron chi connectivity index (χ4n) is 1.46. The van der Waals surface area contributed by atoms with E-state index < -0.39 is 4.92 Å². The summed E-state index contributed by atoms with van der Waals surface area (Å²) in [6, 6.07) is 4.96. The Balaban J connectivity index is 3.04. The van der Waals surface area contributed by atoms with E-state index in [1.165, 1.54) is 12.3 Å². The fraction of sp³-hybridized carbons (Fsp3) is 0.273. The number of nitrogens with one attached hydrogen (secondary N) is 1. The van der Waals surface area contributed by atoms with Crippen LogP contribution in [0.4, 0.5) is 5.69 Å². The van der Waals surface area contributed by atoms with Crippen molar-refractivity contribution in [2.24, 2.45) is 10.8 Å². The van der Waals surface area contributed by atoms with Crippen LogP contribution in [0.2, 0.25) is 0 Å². The van der Waals surface area contributed by atoms with Crippen LogP contribution < -0.4 is 11.2 Å². The summed E-state index contributed by atoms with van der Waals surface area (Å²) in [6.07, 6.45) is 1.43. The van der Waals surface area contributed by atoms with Crippen LogP contribution in [-0.4, -0.2) is 16.3 Å². The highest BCUT2D eigenvalue weighted by molar-refractivity contribution is 7.80. The van der Waals surface area contributed by atoms with Gasteiger partial charge in [0, 0.05) is 17.2 Å². The predicted octanol–water partition coefficient (Wildman–Crippen LogP) is 1.89. The average molecular weight is 266 g/mol. The van der Waals surface area contributed by atoms with E-state index in [1.54, 1.807) is 12.1 Å². The van der Waals surface area contributed by atoms with Crippen molar-refractivity contribution in [2.45, 2.75) is 19.8 Å². The van der Waals surface area contributed by atoms with E-state index in [9.17, 15) is 10.1 Å². The Morgan fingerprint density at radius 3 is 2.78 bits per heavy atom. The van der Waals surface area contributed by atoms with Gasteiger partial charge >= 0.3 is 0 Å². The van der Waals surface area contributed by atoms with Crippen LogP contribution in [0.25, 0.3) is 0 Å². The third-order valence-electron chi connectivity index (χ3n) is 2.26. The summed E-state index contributed by atoms with van der Waals surface area (Å²) < 4.78 is 0. The number of benzene rings is 1. The molecule has 0 fully saturated rings. The molecule has 0 amide bonds. The molecular formula is C11H14N4O2S. The van der Waals surface area contributed by atoms with Gasteiger partial charge in [-0.15, -0.1) is 0 Å². The Morgan fingerprint density at radius 1 is 1.61 bits per heavy atom. The average Bonchev–Trinajstić information content (AvgIpc) is 2.28. The number of hydrogen-bond donors (Lipinski definition) is 2. The summed E-state index contributed by atoms with van der Waals surface area (Å²) in [7, 11) is 0. The molecule has 7 heteroatoms. The minimum atomic E-state index is -0.395. The minimum absolute atomic E-state index is 0.0413. The topological polar surface area (TPSA) is 93.5 Å². The highest BCUT2D eigenvalue weighted by atomic mass is 32.1. The maximum Gasteiger partial charge on any atom is 0.273 e. The number of hydrogen-bond acceptors (Lipinski definition) is 4. The van der Waals surface area contributed by atoms with E-state index >= 15 is 0 Å². The van der Waals surface area contributed by atoms with Crippen molar-refractivity contribution in [3.05, 3.63) is 39.4 Å². The first-order chi connectivity index (χ1) is 8.41. The fourth-order valence-corrected chi connectivity index (χ4v) is 1.51. The lowest BCUT2D eigenvalue weighted by molar-refractivity contribution is -0.385. The van der Waals surface area contributed by atoms with Gasteiger partial charge in [-0.1, -0.05) is 26.0 Å². The van der Waals surface area contributed by atoms with E-state index in [-0.39, 0.29) is 16.7 Å². The standard InChI is InChI=1S/C11H14N4O2S/c1-7(2)9-4-3-8(5-10(9)15(16)17)6-13-14-11(12)18/h3-7H,1-2H3,(H3,12,14,18)/b13-6+. The van der Waals surface area contributed by atoms with Gasteiger partial charge < -0.3 is 5.73 Å². The molecule has 6 nitrogen and oxygen atoms in total. The molecule has 0 unspecified atom stereocenters. The van der Waals surface area contributed by atoms with E-state index in [4.69, 9.17) is 5.73 Å². The number of hydrazone groups is 1. The van der Waals surface area contributed by atoms with E-state index in [0.29, 0.717) is 11.1 Å². The summed E-state index contributed by atoms with van der Waals surface area (Å²) in [5.41, 5.74) is 8.97. The van der Waals surface area contributed by atoms with Crippen LogP contribution in [0.15, 0.2) is 23.3 Å². The highest BCUT2D eigenvalue weighted by Gasteiger charge is 2.16. The molecule has 0 aromatic heterocycles. The van der Waals surface area contributed by atoms with Gasteiger partial charge in [-0.3, -0.25) is 15.5 Å². The molecule has 1 rings (SSSR count). The molecule has 0 aliphatic carbocycles. The smallest absolute Gasteiger partial charge is 0.273 e. The number of nitrogens with zero attached hydrogens (tertiary/aromatic N) is 2. The lowest BCUT2D eigenvalue weighted by Gasteiger charge is -2.06. The number of nitro groups is 1. The molecule has 96 valence electrons. The minimum Gasteiger partial charge on any atom is -0.375 e. The van der Waals surface area contributed by atoms with Crippen molar-refractivity contribution in [3.63, 3.8) is 0 Å². The van der Waals surface area contributed by atoms with Crippen LogP contribution in [0.5, 0.6) is 0 Å². The Morgan fingerprint density at radius 2 is 2.28 bits per heavy atom.